The number of aryl methyl sites for hydroxylation is 1. The second-order valence-electron chi connectivity index (χ2n) is 8.48. The van der Waals surface area contributed by atoms with Gasteiger partial charge in [-0.15, -0.1) is 11.8 Å². The van der Waals surface area contributed by atoms with Crippen LogP contribution in [0.5, 0.6) is 5.75 Å². The Balaban J connectivity index is 1.72. The molecular formula is C25H35NO3. The van der Waals surface area contributed by atoms with Crippen molar-refractivity contribution in [2.75, 3.05) is 6.54 Å². The average molecular weight is 398 g/mol. The molecule has 4 heteroatoms. The molecule has 0 radical (unpaired) electrons. The van der Waals surface area contributed by atoms with Crippen LogP contribution in [-0.4, -0.2) is 35.1 Å². The Morgan fingerprint density at radius 2 is 2.14 bits per heavy atom. The van der Waals surface area contributed by atoms with Crippen LogP contribution in [0.1, 0.15) is 63.0 Å². The number of unbranched alkanes of at least 4 members (excludes halogenated alkanes) is 2. The highest BCUT2D eigenvalue weighted by molar-refractivity contribution is 5.49. The molecule has 1 aliphatic carbocycles. The van der Waals surface area contributed by atoms with Crippen molar-refractivity contribution in [2.24, 2.45) is 17.6 Å². The van der Waals surface area contributed by atoms with Crippen LogP contribution in [-0.2, 0) is 6.42 Å². The molecule has 0 amide bonds. The van der Waals surface area contributed by atoms with Gasteiger partial charge >= 0.3 is 0 Å². The van der Waals surface area contributed by atoms with Crippen molar-refractivity contribution < 1.29 is 14.9 Å². The van der Waals surface area contributed by atoms with Gasteiger partial charge in [0, 0.05) is 30.2 Å². The number of benzene rings is 1. The lowest BCUT2D eigenvalue weighted by Gasteiger charge is -2.19. The zero-order chi connectivity index (χ0) is 20.8. The SMILES string of the molecule is CC#CC[C@H](C)[C@@H](O)/C=C/[C@@H]1[C@H]2c3cccc(CCCCCN)c3O[C@H]2C[C@H]1O. The van der Waals surface area contributed by atoms with Crippen molar-refractivity contribution in [3.05, 3.63) is 41.5 Å². The quantitative estimate of drug-likeness (QED) is 0.338. The third-order valence-electron chi connectivity index (χ3n) is 6.35. The maximum absolute atomic E-state index is 10.6. The summed E-state index contributed by atoms with van der Waals surface area (Å²) in [4.78, 5) is 0. The first-order valence-electron chi connectivity index (χ1n) is 11.0. The van der Waals surface area contributed by atoms with Crippen molar-refractivity contribution in [3.8, 4) is 17.6 Å². The molecule has 1 heterocycles. The van der Waals surface area contributed by atoms with Crippen LogP contribution in [0, 0.1) is 23.7 Å². The van der Waals surface area contributed by atoms with E-state index in [2.05, 4.69) is 30.0 Å². The van der Waals surface area contributed by atoms with E-state index in [1.54, 1.807) is 0 Å². The van der Waals surface area contributed by atoms with Crippen LogP contribution >= 0.6 is 0 Å². The van der Waals surface area contributed by atoms with Crippen molar-refractivity contribution >= 4 is 0 Å². The lowest BCUT2D eigenvalue weighted by Crippen LogP contribution is -2.19. The highest BCUT2D eigenvalue weighted by atomic mass is 16.5. The van der Waals surface area contributed by atoms with E-state index in [4.69, 9.17) is 10.5 Å². The first-order valence-corrected chi connectivity index (χ1v) is 11.0. The van der Waals surface area contributed by atoms with Gasteiger partial charge < -0.3 is 20.7 Å². The molecule has 2 aliphatic rings. The molecule has 1 aliphatic heterocycles. The van der Waals surface area contributed by atoms with Crippen LogP contribution in [0.3, 0.4) is 0 Å². The summed E-state index contributed by atoms with van der Waals surface area (Å²) in [6.07, 6.45) is 8.46. The Morgan fingerprint density at radius 1 is 1.31 bits per heavy atom. The summed E-state index contributed by atoms with van der Waals surface area (Å²) >= 11 is 0. The van der Waals surface area contributed by atoms with E-state index >= 15 is 0 Å². The van der Waals surface area contributed by atoms with Gasteiger partial charge in [0.15, 0.2) is 0 Å². The molecule has 6 atom stereocenters. The molecule has 3 rings (SSSR count). The smallest absolute Gasteiger partial charge is 0.126 e. The summed E-state index contributed by atoms with van der Waals surface area (Å²) in [6, 6.07) is 6.40. The van der Waals surface area contributed by atoms with Gasteiger partial charge in [0.2, 0.25) is 0 Å². The number of ether oxygens (including phenoxy) is 1. The maximum Gasteiger partial charge on any atom is 0.126 e. The van der Waals surface area contributed by atoms with E-state index in [0.717, 1.165) is 38.0 Å². The first kappa shape index (κ1) is 21.9. The standard InChI is InChI=1S/C25H35NO3/c1-3-4-9-17(2)21(27)14-13-19-22(28)16-23-24(19)20-12-8-11-18(25(20)29-23)10-6-5-7-15-26/h8,11-14,17,19,21-24,27-28H,5-7,9-10,15-16,26H2,1-2H3/b14-13+/t17-,19-,21-,22+,23-,24-/m0/s1. The first-order chi connectivity index (χ1) is 14.1. The number of fused-ring (bicyclic) bond motifs is 3. The van der Waals surface area contributed by atoms with Crippen LogP contribution in [0.25, 0.3) is 0 Å². The molecule has 0 saturated heterocycles. The van der Waals surface area contributed by atoms with Crippen molar-refractivity contribution in [3.63, 3.8) is 0 Å². The Hall–Kier alpha value is -1.80. The zero-order valence-corrected chi connectivity index (χ0v) is 17.7. The number of aliphatic hydroxyl groups is 2. The Morgan fingerprint density at radius 3 is 2.90 bits per heavy atom. The average Bonchev–Trinajstić information content (AvgIpc) is 3.22. The normalized spacial score (nSPS) is 27.1. The predicted octanol–water partition coefficient (Wildman–Crippen LogP) is 3.55. The van der Waals surface area contributed by atoms with Crippen molar-refractivity contribution in [2.45, 2.75) is 76.6 Å². The third-order valence-corrected chi connectivity index (χ3v) is 6.35. The summed E-state index contributed by atoms with van der Waals surface area (Å²) in [5, 5.41) is 21.1. The molecular weight excluding hydrogens is 362 g/mol. The molecule has 1 fully saturated rings. The summed E-state index contributed by atoms with van der Waals surface area (Å²) in [5.41, 5.74) is 8.07. The Bertz CT molecular complexity index is 763. The van der Waals surface area contributed by atoms with Crippen LogP contribution < -0.4 is 10.5 Å². The minimum absolute atomic E-state index is 0.0142. The van der Waals surface area contributed by atoms with Gasteiger partial charge in [-0.1, -0.05) is 43.7 Å². The van der Waals surface area contributed by atoms with Crippen molar-refractivity contribution in [1.82, 2.24) is 0 Å². The third kappa shape index (κ3) is 5.04. The maximum atomic E-state index is 10.6. The van der Waals surface area contributed by atoms with Gasteiger partial charge in [-0.05, 0) is 44.2 Å². The Labute approximate surface area is 175 Å². The van der Waals surface area contributed by atoms with Gasteiger partial charge in [-0.2, -0.15) is 0 Å². The number of aliphatic hydroxyl groups excluding tert-OH is 2. The number of nitrogens with two attached hydrogens (primary N) is 1. The van der Waals surface area contributed by atoms with Gasteiger partial charge in [0.05, 0.1) is 12.2 Å². The van der Waals surface area contributed by atoms with E-state index in [1.165, 1.54) is 11.1 Å². The van der Waals surface area contributed by atoms with E-state index in [1.807, 2.05) is 26.0 Å². The topological polar surface area (TPSA) is 75.7 Å². The highest BCUT2D eigenvalue weighted by Crippen LogP contribution is 2.52. The molecule has 0 aromatic heterocycles. The number of hydrogen-bond acceptors (Lipinski definition) is 4. The van der Waals surface area contributed by atoms with Gasteiger partial charge in [-0.3, -0.25) is 0 Å². The summed E-state index contributed by atoms with van der Waals surface area (Å²) in [7, 11) is 0. The number of para-hydroxylation sites is 1. The molecule has 4 N–H and O–H groups in total. The molecule has 158 valence electrons. The fourth-order valence-corrected chi connectivity index (χ4v) is 4.62. The van der Waals surface area contributed by atoms with E-state index in [-0.39, 0.29) is 23.9 Å². The summed E-state index contributed by atoms with van der Waals surface area (Å²) < 4.78 is 6.33. The summed E-state index contributed by atoms with van der Waals surface area (Å²) in [5.74, 6) is 7.11. The molecule has 0 spiro atoms. The van der Waals surface area contributed by atoms with Gasteiger partial charge in [-0.25, -0.2) is 0 Å². The van der Waals surface area contributed by atoms with Gasteiger partial charge in [0.25, 0.3) is 0 Å². The predicted molar refractivity (Wildman–Crippen MR) is 117 cm³/mol. The fourth-order valence-electron chi connectivity index (χ4n) is 4.62. The minimum Gasteiger partial charge on any atom is -0.489 e. The van der Waals surface area contributed by atoms with Crippen LogP contribution in [0.2, 0.25) is 0 Å². The highest BCUT2D eigenvalue weighted by Gasteiger charge is 2.48. The van der Waals surface area contributed by atoms with Crippen LogP contribution in [0.4, 0.5) is 0 Å². The summed E-state index contributed by atoms with van der Waals surface area (Å²) in [6.45, 7) is 4.56. The Kier molecular flexibility index (Phi) is 7.77. The molecule has 1 aromatic rings. The van der Waals surface area contributed by atoms with E-state index in [0.29, 0.717) is 12.8 Å². The second kappa shape index (κ2) is 10.3. The molecule has 1 aromatic carbocycles. The number of rotatable bonds is 9. The number of hydrogen-bond donors (Lipinski definition) is 3. The fraction of sp³-hybridized carbons (Fsp3) is 0.600. The lowest BCUT2D eigenvalue weighted by molar-refractivity contribution is 0.134. The monoisotopic (exact) mass is 397 g/mol. The van der Waals surface area contributed by atoms with Crippen molar-refractivity contribution in [1.29, 1.82) is 0 Å². The lowest BCUT2D eigenvalue weighted by atomic mass is 9.86. The molecule has 1 saturated carbocycles. The molecule has 4 nitrogen and oxygen atoms in total. The molecule has 29 heavy (non-hydrogen) atoms. The van der Waals surface area contributed by atoms with E-state index < -0.39 is 12.2 Å². The van der Waals surface area contributed by atoms with E-state index in [9.17, 15) is 10.2 Å². The minimum atomic E-state index is -0.558. The molecule has 0 unspecified atom stereocenters. The largest absolute Gasteiger partial charge is 0.489 e. The zero-order valence-electron chi connectivity index (χ0n) is 17.7. The molecule has 0 bridgehead atoms. The second-order valence-corrected chi connectivity index (χ2v) is 8.48. The van der Waals surface area contributed by atoms with Crippen LogP contribution in [0.15, 0.2) is 30.4 Å². The van der Waals surface area contributed by atoms with Gasteiger partial charge in [0.1, 0.15) is 11.9 Å².